The Hall–Kier alpha value is -3.08. The van der Waals surface area contributed by atoms with Crippen molar-refractivity contribution in [2.45, 2.75) is 219 Å². The van der Waals surface area contributed by atoms with E-state index in [0.29, 0.717) is 12.8 Å². The largest absolute Gasteiger partial charge is 0.480 e. The summed E-state index contributed by atoms with van der Waals surface area (Å²) in [7, 11) is -4.73. The number of hydrogen-bond donors (Lipinski definition) is 3. The van der Waals surface area contributed by atoms with Crippen LogP contribution in [0.25, 0.3) is 0 Å². The molecule has 0 spiro atoms. The molecule has 64 heavy (non-hydrogen) atoms. The Morgan fingerprint density at radius 2 is 0.875 bits per heavy atom. The fourth-order valence-corrected chi connectivity index (χ4v) is 7.34. The summed E-state index contributed by atoms with van der Waals surface area (Å²) in [6, 6.07) is -1.53. The molecule has 0 rings (SSSR count). The fraction of sp³-hybridized carbons (Fsp3) is 0.712. The number of carboxylic acids is 1. The molecular weight excluding hydrogens is 830 g/mol. The Balaban J connectivity index is 4.31. The van der Waals surface area contributed by atoms with Gasteiger partial charge in [-0.05, 0) is 83.5 Å². The number of allylic oxidation sites excluding steroid dienone is 12. The van der Waals surface area contributed by atoms with E-state index in [0.717, 1.165) is 96.3 Å². The highest BCUT2D eigenvalue weighted by Gasteiger charge is 2.28. The number of phosphoric ester groups is 1. The van der Waals surface area contributed by atoms with Gasteiger partial charge in [0.05, 0.1) is 13.2 Å². The van der Waals surface area contributed by atoms with E-state index in [4.69, 9.17) is 24.8 Å². The lowest BCUT2D eigenvalue weighted by atomic mass is 10.1. The lowest BCUT2D eigenvalue weighted by molar-refractivity contribution is -0.161. The molecule has 3 atom stereocenters. The van der Waals surface area contributed by atoms with Crippen molar-refractivity contribution in [1.29, 1.82) is 0 Å². The van der Waals surface area contributed by atoms with Crippen LogP contribution in [-0.4, -0.2) is 59.9 Å². The van der Waals surface area contributed by atoms with Gasteiger partial charge in [-0.2, -0.15) is 0 Å². The molecule has 0 radical (unpaired) electrons. The third-order valence-electron chi connectivity index (χ3n) is 10.4. The quantitative estimate of drug-likeness (QED) is 0.0230. The Morgan fingerprint density at radius 3 is 1.31 bits per heavy atom. The number of nitrogens with two attached hydrogens (primary N) is 1. The van der Waals surface area contributed by atoms with E-state index in [9.17, 15) is 23.8 Å². The van der Waals surface area contributed by atoms with Crippen LogP contribution in [0.1, 0.15) is 206 Å². The predicted octanol–water partition coefficient (Wildman–Crippen LogP) is 14.1. The molecule has 0 aliphatic carbocycles. The highest BCUT2D eigenvalue weighted by Crippen LogP contribution is 2.43. The maximum Gasteiger partial charge on any atom is 0.472 e. The minimum Gasteiger partial charge on any atom is -0.480 e. The minimum atomic E-state index is -4.73. The van der Waals surface area contributed by atoms with Crippen molar-refractivity contribution in [2.75, 3.05) is 19.8 Å². The zero-order valence-electron chi connectivity index (χ0n) is 40.1. The van der Waals surface area contributed by atoms with E-state index in [1.54, 1.807) is 0 Å². The Labute approximate surface area is 389 Å². The first-order valence-corrected chi connectivity index (χ1v) is 26.5. The van der Waals surface area contributed by atoms with Gasteiger partial charge in [0.1, 0.15) is 12.6 Å². The van der Waals surface area contributed by atoms with Crippen molar-refractivity contribution in [1.82, 2.24) is 0 Å². The predicted molar refractivity (Wildman–Crippen MR) is 263 cm³/mol. The molecule has 3 unspecified atom stereocenters. The number of esters is 2. The average Bonchev–Trinajstić information content (AvgIpc) is 3.27. The van der Waals surface area contributed by atoms with Gasteiger partial charge in [0, 0.05) is 12.8 Å². The molecule has 0 heterocycles. The number of carboxylic acid groups (broad SMARTS) is 1. The third kappa shape index (κ3) is 45.5. The molecule has 0 aliphatic heterocycles. The molecule has 0 aliphatic rings. The first-order valence-electron chi connectivity index (χ1n) is 25.0. The van der Waals surface area contributed by atoms with E-state index in [1.165, 1.54) is 70.6 Å². The molecule has 0 aromatic rings. The van der Waals surface area contributed by atoms with Gasteiger partial charge in [-0.3, -0.25) is 23.4 Å². The minimum absolute atomic E-state index is 0.141. The highest BCUT2D eigenvalue weighted by molar-refractivity contribution is 7.47. The molecule has 0 bridgehead atoms. The monoisotopic (exact) mass is 920 g/mol. The summed E-state index contributed by atoms with van der Waals surface area (Å²) in [6.07, 6.45) is 56.7. The van der Waals surface area contributed by atoms with Crippen LogP contribution in [0, 0.1) is 0 Å². The summed E-state index contributed by atoms with van der Waals surface area (Å²) in [5, 5.41) is 8.92. The van der Waals surface area contributed by atoms with Gasteiger partial charge in [-0.25, -0.2) is 4.57 Å². The second-order valence-corrected chi connectivity index (χ2v) is 18.0. The molecule has 0 fully saturated rings. The molecule has 12 heteroatoms. The second kappa shape index (κ2) is 46.4. The van der Waals surface area contributed by atoms with Crippen molar-refractivity contribution in [3.63, 3.8) is 0 Å². The van der Waals surface area contributed by atoms with Gasteiger partial charge in [0.2, 0.25) is 0 Å². The zero-order chi connectivity index (χ0) is 47.0. The molecule has 0 amide bonds. The van der Waals surface area contributed by atoms with E-state index in [2.05, 4.69) is 91.3 Å². The summed E-state index contributed by atoms with van der Waals surface area (Å²) >= 11 is 0. The maximum absolute atomic E-state index is 12.7. The van der Waals surface area contributed by atoms with Crippen LogP contribution in [-0.2, 0) is 37.5 Å². The summed E-state index contributed by atoms with van der Waals surface area (Å²) < 4.78 is 32.8. The van der Waals surface area contributed by atoms with Crippen molar-refractivity contribution >= 4 is 25.7 Å². The second-order valence-electron chi connectivity index (χ2n) is 16.6. The first kappa shape index (κ1) is 60.9. The number of phosphoric acid groups is 1. The van der Waals surface area contributed by atoms with Gasteiger partial charge < -0.3 is 25.2 Å². The Kier molecular flexibility index (Phi) is 44.2. The van der Waals surface area contributed by atoms with Crippen LogP contribution < -0.4 is 5.73 Å². The van der Waals surface area contributed by atoms with Crippen LogP contribution in [0.2, 0.25) is 0 Å². The van der Waals surface area contributed by atoms with Crippen molar-refractivity contribution in [2.24, 2.45) is 5.73 Å². The van der Waals surface area contributed by atoms with Crippen molar-refractivity contribution in [3.05, 3.63) is 72.9 Å². The number of carbonyl (C=O) groups excluding carboxylic acids is 2. The summed E-state index contributed by atoms with van der Waals surface area (Å²) in [4.78, 5) is 46.2. The van der Waals surface area contributed by atoms with Gasteiger partial charge in [0.25, 0.3) is 0 Å². The summed E-state index contributed by atoms with van der Waals surface area (Å²) in [5.74, 6) is -2.40. The fourth-order valence-electron chi connectivity index (χ4n) is 6.56. The first-order chi connectivity index (χ1) is 31.1. The van der Waals surface area contributed by atoms with Crippen molar-refractivity contribution < 1.29 is 47.5 Å². The summed E-state index contributed by atoms with van der Waals surface area (Å²) in [6.45, 7) is 2.67. The molecule has 11 nitrogen and oxygen atoms in total. The SMILES string of the molecule is CC/C=C\C/C=C\C/C=C\C/C=C\CCCCCCCCC(=O)OC(COC(=O)CCCCCCCCCCC/C=C\C/C=C\CCCCCCC)COP(=O)(O)OCC(N)C(=O)O. The maximum atomic E-state index is 12.7. The smallest absolute Gasteiger partial charge is 0.472 e. The number of carbonyl (C=O) groups is 3. The molecule has 0 saturated heterocycles. The Morgan fingerprint density at radius 1 is 0.500 bits per heavy atom. The molecule has 0 aromatic heterocycles. The van der Waals surface area contributed by atoms with Crippen LogP contribution in [0.5, 0.6) is 0 Å². The topological polar surface area (TPSA) is 172 Å². The average molecular weight is 920 g/mol. The third-order valence-corrected chi connectivity index (χ3v) is 11.4. The Bertz CT molecular complexity index is 1360. The molecular formula is C52H90NO10P. The van der Waals surface area contributed by atoms with Crippen LogP contribution in [0.4, 0.5) is 0 Å². The lowest BCUT2D eigenvalue weighted by Crippen LogP contribution is -2.34. The number of rotatable bonds is 46. The molecule has 0 aromatic carbocycles. The van der Waals surface area contributed by atoms with Gasteiger partial charge in [-0.1, -0.05) is 183 Å². The van der Waals surface area contributed by atoms with Crippen molar-refractivity contribution in [3.8, 4) is 0 Å². The van der Waals surface area contributed by atoms with E-state index < -0.39 is 51.1 Å². The van der Waals surface area contributed by atoms with E-state index >= 15 is 0 Å². The van der Waals surface area contributed by atoms with Gasteiger partial charge in [-0.15, -0.1) is 0 Å². The number of aliphatic carboxylic acids is 1. The van der Waals surface area contributed by atoms with E-state index in [-0.39, 0.29) is 19.4 Å². The molecule has 368 valence electrons. The van der Waals surface area contributed by atoms with Crippen LogP contribution >= 0.6 is 7.82 Å². The van der Waals surface area contributed by atoms with Gasteiger partial charge >= 0.3 is 25.7 Å². The normalized spacial score (nSPS) is 14.2. The number of hydrogen-bond acceptors (Lipinski definition) is 9. The molecule has 0 saturated carbocycles. The van der Waals surface area contributed by atoms with Crippen LogP contribution in [0.15, 0.2) is 72.9 Å². The van der Waals surface area contributed by atoms with E-state index in [1.807, 2.05) is 0 Å². The van der Waals surface area contributed by atoms with Crippen LogP contribution in [0.3, 0.4) is 0 Å². The number of unbranched alkanes of at least 4 members (excludes halogenated alkanes) is 20. The molecule has 4 N–H and O–H groups in total. The standard InChI is InChI=1S/C52H90NO10P/c1-3-5-7-9-11-13-15-17-19-21-23-24-26-27-29-31-33-35-37-39-41-43-50(54)60-45-48(46-61-64(58,59)62-47-49(53)52(56)57)63-51(55)44-42-40-38-36-34-32-30-28-25-22-20-18-16-14-12-10-8-6-4-2/h6,8,12,14-15,17-18,20-21,23,25,28,48-49H,3-5,7,9-11,13,16,19,22,24,26-27,29-47,53H2,1-2H3,(H,56,57)(H,58,59)/b8-6-,14-12-,17-15-,20-18-,23-21-,28-25-. The number of ether oxygens (including phenoxy) is 2. The van der Waals surface area contributed by atoms with Gasteiger partial charge in [0.15, 0.2) is 6.10 Å². The highest BCUT2D eigenvalue weighted by atomic mass is 31.2. The zero-order valence-corrected chi connectivity index (χ0v) is 41.0. The summed E-state index contributed by atoms with van der Waals surface area (Å²) in [5.41, 5.74) is 5.35. The lowest BCUT2D eigenvalue weighted by Gasteiger charge is -2.20.